The van der Waals surface area contributed by atoms with Crippen molar-refractivity contribution in [2.24, 2.45) is 0 Å². The zero-order valence-electron chi connectivity index (χ0n) is 10.7. The minimum absolute atomic E-state index is 0.269. The van der Waals surface area contributed by atoms with E-state index in [-0.39, 0.29) is 5.75 Å². The topological polar surface area (TPSA) is 72.0 Å². The SMILES string of the molecule is Oc1cccc(CCc2nnc(-c3ccncc3)o2)c1. The highest BCUT2D eigenvalue weighted by Crippen LogP contribution is 2.18. The Morgan fingerprint density at radius 2 is 1.85 bits per heavy atom. The molecule has 0 bridgehead atoms. The summed E-state index contributed by atoms with van der Waals surface area (Å²) in [6.45, 7) is 0. The number of phenolic OH excluding ortho intramolecular Hbond substituents is 1. The van der Waals surface area contributed by atoms with Gasteiger partial charge in [0.05, 0.1) is 0 Å². The summed E-state index contributed by atoms with van der Waals surface area (Å²) in [4.78, 5) is 3.95. The van der Waals surface area contributed by atoms with Crippen LogP contribution in [0.2, 0.25) is 0 Å². The molecule has 2 aromatic heterocycles. The van der Waals surface area contributed by atoms with Crippen LogP contribution in [0.25, 0.3) is 11.5 Å². The third-order valence-electron chi connectivity index (χ3n) is 2.93. The van der Waals surface area contributed by atoms with E-state index in [9.17, 15) is 5.11 Å². The monoisotopic (exact) mass is 267 g/mol. The molecule has 100 valence electrons. The Bertz CT molecular complexity index is 695. The molecule has 5 heteroatoms. The van der Waals surface area contributed by atoms with Crippen molar-refractivity contribution in [2.75, 3.05) is 0 Å². The molecule has 0 saturated carbocycles. The van der Waals surface area contributed by atoms with Crippen LogP contribution in [0, 0.1) is 0 Å². The highest BCUT2D eigenvalue weighted by atomic mass is 16.4. The van der Waals surface area contributed by atoms with Crippen LogP contribution in [-0.2, 0) is 12.8 Å². The molecule has 0 unspecified atom stereocenters. The van der Waals surface area contributed by atoms with Gasteiger partial charge in [-0.1, -0.05) is 12.1 Å². The first-order valence-electron chi connectivity index (χ1n) is 6.32. The fourth-order valence-corrected chi connectivity index (χ4v) is 1.93. The summed E-state index contributed by atoms with van der Waals surface area (Å²) in [5.41, 5.74) is 1.89. The Hall–Kier alpha value is -2.69. The zero-order valence-corrected chi connectivity index (χ0v) is 10.7. The van der Waals surface area contributed by atoms with Gasteiger partial charge in [0.2, 0.25) is 11.8 Å². The minimum Gasteiger partial charge on any atom is -0.508 e. The summed E-state index contributed by atoms with van der Waals surface area (Å²) >= 11 is 0. The fraction of sp³-hybridized carbons (Fsp3) is 0.133. The van der Waals surface area contributed by atoms with Crippen LogP contribution >= 0.6 is 0 Å². The molecule has 0 spiro atoms. The quantitative estimate of drug-likeness (QED) is 0.786. The van der Waals surface area contributed by atoms with E-state index in [0.29, 0.717) is 18.2 Å². The molecule has 0 radical (unpaired) electrons. The molecular formula is C15H13N3O2. The summed E-state index contributed by atoms with van der Waals surface area (Å²) in [5.74, 6) is 1.35. The number of aryl methyl sites for hydroxylation is 2. The molecule has 0 aliphatic carbocycles. The first kappa shape index (κ1) is 12.3. The molecule has 0 atom stereocenters. The predicted octanol–water partition coefficient (Wildman–Crippen LogP) is 2.62. The van der Waals surface area contributed by atoms with E-state index in [0.717, 1.165) is 17.5 Å². The standard InChI is InChI=1S/C15H13N3O2/c19-13-3-1-2-11(10-13)4-5-14-17-18-15(20-14)12-6-8-16-9-7-12/h1-3,6-10,19H,4-5H2. The summed E-state index contributed by atoms with van der Waals surface area (Å²) in [7, 11) is 0. The highest BCUT2D eigenvalue weighted by Gasteiger charge is 2.08. The van der Waals surface area contributed by atoms with Gasteiger partial charge in [-0.2, -0.15) is 0 Å². The van der Waals surface area contributed by atoms with E-state index in [2.05, 4.69) is 15.2 Å². The summed E-state index contributed by atoms with van der Waals surface area (Å²) in [5, 5.41) is 17.5. The van der Waals surface area contributed by atoms with Crippen LogP contribution in [0.4, 0.5) is 0 Å². The molecule has 3 rings (SSSR count). The highest BCUT2D eigenvalue weighted by molar-refractivity contribution is 5.50. The minimum atomic E-state index is 0.269. The van der Waals surface area contributed by atoms with Gasteiger partial charge in [0.15, 0.2) is 0 Å². The molecule has 0 aliphatic heterocycles. The Balaban J connectivity index is 1.69. The van der Waals surface area contributed by atoms with E-state index in [4.69, 9.17) is 4.42 Å². The van der Waals surface area contributed by atoms with Gasteiger partial charge in [-0.3, -0.25) is 4.98 Å². The van der Waals surface area contributed by atoms with E-state index in [1.165, 1.54) is 0 Å². The first-order chi connectivity index (χ1) is 9.81. The van der Waals surface area contributed by atoms with Crippen molar-refractivity contribution in [1.29, 1.82) is 0 Å². The number of rotatable bonds is 4. The Kier molecular flexibility index (Phi) is 3.41. The van der Waals surface area contributed by atoms with Crippen molar-refractivity contribution < 1.29 is 9.52 Å². The lowest BCUT2D eigenvalue weighted by molar-refractivity contribution is 0.473. The molecule has 2 heterocycles. The second kappa shape index (κ2) is 5.52. The average molecular weight is 267 g/mol. The lowest BCUT2D eigenvalue weighted by atomic mass is 10.1. The van der Waals surface area contributed by atoms with Gasteiger partial charge >= 0.3 is 0 Å². The number of benzene rings is 1. The largest absolute Gasteiger partial charge is 0.508 e. The summed E-state index contributed by atoms with van der Waals surface area (Å²) < 4.78 is 5.61. The normalized spacial score (nSPS) is 10.6. The molecule has 0 saturated heterocycles. The van der Waals surface area contributed by atoms with Crippen molar-refractivity contribution in [2.45, 2.75) is 12.8 Å². The Labute approximate surface area is 115 Å². The number of aromatic hydroxyl groups is 1. The maximum Gasteiger partial charge on any atom is 0.247 e. The zero-order chi connectivity index (χ0) is 13.8. The van der Waals surface area contributed by atoms with Crippen LogP contribution < -0.4 is 0 Å². The van der Waals surface area contributed by atoms with Crippen LogP contribution in [0.5, 0.6) is 5.75 Å². The lowest BCUT2D eigenvalue weighted by Crippen LogP contribution is -1.91. The van der Waals surface area contributed by atoms with E-state index in [1.54, 1.807) is 24.5 Å². The van der Waals surface area contributed by atoms with E-state index in [1.807, 2.05) is 24.3 Å². The van der Waals surface area contributed by atoms with Gasteiger partial charge in [0, 0.05) is 24.4 Å². The predicted molar refractivity (Wildman–Crippen MR) is 73.0 cm³/mol. The summed E-state index contributed by atoms with van der Waals surface area (Å²) in [6, 6.07) is 10.8. The number of phenols is 1. The van der Waals surface area contributed by atoms with Gasteiger partial charge in [0.25, 0.3) is 0 Å². The van der Waals surface area contributed by atoms with Gasteiger partial charge in [0.1, 0.15) is 5.75 Å². The van der Waals surface area contributed by atoms with E-state index >= 15 is 0 Å². The third kappa shape index (κ3) is 2.83. The number of hydrogen-bond acceptors (Lipinski definition) is 5. The number of pyridine rings is 1. The maximum atomic E-state index is 9.41. The molecule has 3 aromatic rings. The smallest absolute Gasteiger partial charge is 0.247 e. The second-order valence-corrected chi connectivity index (χ2v) is 4.41. The van der Waals surface area contributed by atoms with Crippen molar-refractivity contribution in [3.63, 3.8) is 0 Å². The number of hydrogen-bond donors (Lipinski definition) is 1. The van der Waals surface area contributed by atoms with Crippen LogP contribution in [0.15, 0.2) is 53.2 Å². The molecule has 1 N–H and O–H groups in total. The fourth-order valence-electron chi connectivity index (χ4n) is 1.93. The molecule has 0 aliphatic rings. The molecular weight excluding hydrogens is 254 g/mol. The lowest BCUT2D eigenvalue weighted by Gasteiger charge is -1.99. The molecule has 20 heavy (non-hydrogen) atoms. The Morgan fingerprint density at radius 1 is 1.00 bits per heavy atom. The van der Waals surface area contributed by atoms with E-state index < -0.39 is 0 Å². The summed E-state index contributed by atoms with van der Waals surface area (Å²) in [6.07, 6.45) is 4.76. The van der Waals surface area contributed by atoms with Crippen LogP contribution in [0.3, 0.4) is 0 Å². The molecule has 5 nitrogen and oxygen atoms in total. The van der Waals surface area contributed by atoms with Crippen molar-refractivity contribution in [1.82, 2.24) is 15.2 Å². The Morgan fingerprint density at radius 3 is 2.65 bits per heavy atom. The van der Waals surface area contributed by atoms with Crippen molar-refractivity contribution >= 4 is 0 Å². The second-order valence-electron chi connectivity index (χ2n) is 4.41. The van der Waals surface area contributed by atoms with Gasteiger partial charge < -0.3 is 9.52 Å². The number of nitrogens with zero attached hydrogens (tertiary/aromatic N) is 3. The molecule has 0 fully saturated rings. The van der Waals surface area contributed by atoms with Crippen molar-refractivity contribution in [3.05, 3.63) is 60.2 Å². The van der Waals surface area contributed by atoms with Crippen LogP contribution in [0.1, 0.15) is 11.5 Å². The molecule has 1 aromatic carbocycles. The van der Waals surface area contributed by atoms with Gasteiger partial charge in [-0.05, 0) is 36.2 Å². The number of aromatic nitrogens is 3. The van der Waals surface area contributed by atoms with Crippen LogP contribution in [-0.4, -0.2) is 20.3 Å². The molecule has 0 amide bonds. The van der Waals surface area contributed by atoms with Gasteiger partial charge in [-0.15, -0.1) is 10.2 Å². The van der Waals surface area contributed by atoms with Gasteiger partial charge in [-0.25, -0.2) is 0 Å². The average Bonchev–Trinajstić information content (AvgIpc) is 2.95. The maximum absolute atomic E-state index is 9.41. The third-order valence-corrected chi connectivity index (χ3v) is 2.93. The first-order valence-corrected chi connectivity index (χ1v) is 6.32. The van der Waals surface area contributed by atoms with Crippen molar-refractivity contribution in [3.8, 4) is 17.2 Å².